The van der Waals surface area contributed by atoms with E-state index in [2.05, 4.69) is 4.90 Å². The van der Waals surface area contributed by atoms with Crippen molar-refractivity contribution in [2.75, 3.05) is 16.8 Å². The van der Waals surface area contributed by atoms with Crippen LogP contribution in [0, 0.1) is 0 Å². The van der Waals surface area contributed by atoms with Gasteiger partial charge >= 0.3 is 6.09 Å². The number of rotatable bonds is 0. The molecular weight excluding hydrogens is 276 g/mol. The maximum atomic E-state index is 12.7. The molecule has 4 nitrogen and oxygen atoms in total. The van der Waals surface area contributed by atoms with Gasteiger partial charge in [0.1, 0.15) is 5.60 Å². The number of amides is 1. The molecule has 22 heavy (non-hydrogen) atoms. The monoisotopic (exact) mass is 296 g/mol. The lowest BCUT2D eigenvalue weighted by molar-refractivity contribution is 0.0599. The normalized spacial score (nSPS) is 13.5. The van der Waals surface area contributed by atoms with Crippen molar-refractivity contribution in [1.82, 2.24) is 0 Å². The summed E-state index contributed by atoms with van der Waals surface area (Å²) in [5, 5.41) is 0. The van der Waals surface area contributed by atoms with Crippen molar-refractivity contribution in [3.05, 3.63) is 48.5 Å². The van der Waals surface area contributed by atoms with Crippen LogP contribution < -0.4 is 9.80 Å². The maximum absolute atomic E-state index is 12.7. The van der Waals surface area contributed by atoms with E-state index in [4.69, 9.17) is 4.74 Å². The van der Waals surface area contributed by atoms with Gasteiger partial charge in [-0.25, -0.2) is 9.69 Å². The molecule has 0 radical (unpaired) electrons. The van der Waals surface area contributed by atoms with Gasteiger partial charge in [-0.3, -0.25) is 0 Å². The summed E-state index contributed by atoms with van der Waals surface area (Å²) in [4.78, 5) is 16.5. The molecule has 1 aliphatic heterocycles. The molecule has 0 unspecified atom stereocenters. The van der Waals surface area contributed by atoms with Crippen LogP contribution in [0.3, 0.4) is 0 Å². The average molecular weight is 296 g/mol. The number of carbonyl (C=O) groups excluding carboxylic acids is 1. The highest BCUT2D eigenvalue weighted by Crippen LogP contribution is 2.47. The highest BCUT2D eigenvalue weighted by Gasteiger charge is 2.32. The van der Waals surface area contributed by atoms with Crippen molar-refractivity contribution >= 4 is 28.8 Å². The number of para-hydroxylation sites is 4. The maximum Gasteiger partial charge on any atom is 0.419 e. The van der Waals surface area contributed by atoms with E-state index >= 15 is 0 Å². The van der Waals surface area contributed by atoms with Crippen LogP contribution in [0.2, 0.25) is 0 Å². The summed E-state index contributed by atoms with van der Waals surface area (Å²) >= 11 is 0. The van der Waals surface area contributed by atoms with Crippen LogP contribution in [0.1, 0.15) is 20.8 Å². The summed E-state index contributed by atoms with van der Waals surface area (Å²) in [5.41, 5.74) is 3.08. The van der Waals surface area contributed by atoms with Gasteiger partial charge in [-0.2, -0.15) is 0 Å². The summed E-state index contributed by atoms with van der Waals surface area (Å²) in [7, 11) is 2.00. The Hall–Kier alpha value is -2.49. The largest absolute Gasteiger partial charge is 0.443 e. The number of benzene rings is 2. The summed E-state index contributed by atoms with van der Waals surface area (Å²) < 4.78 is 5.59. The molecule has 1 aliphatic rings. The summed E-state index contributed by atoms with van der Waals surface area (Å²) in [6.07, 6.45) is -0.361. The van der Waals surface area contributed by atoms with Gasteiger partial charge in [0, 0.05) is 7.05 Å². The van der Waals surface area contributed by atoms with Gasteiger partial charge in [-0.1, -0.05) is 24.3 Å². The molecule has 0 aromatic heterocycles. The summed E-state index contributed by atoms with van der Waals surface area (Å²) in [6, 6.07) is 15.7. The smallest absolute Gasteiger partial charge is 0.419 e. The van der Waals surface area contributed by atoms with Crippen LogP contribution in [-0.2, 0) is 4.74 Å². The van der Waals surface area contributed by atoms with E-state index in [0.717, 1.165) is 22.7 Å². The number of ether oxygens (including phenoxy) is 1. The third-order valence-electron chi connectivity index (χ3n) is 3.54. The predicted octanol–water partition coefficient (Wildman–Crippen LogP) is 4.84. The fourth-order valence-corrected chi connectivity index (χ4v) is 2.64. The number of nitrogens with zero attached hydrogens (tertiary/aromatic N) is 2. The SMILES string of the molecule is CN1c2ccccc2N(C(=O)OC(C)(C)C)c2ccccc21. The molecule has 0 saturated heterocycles. The Morgan fingerprint density at radius 2 is 1.27 bits per heavy atom. The fourth-order valence-electron chi connectivity index (χ4n) is 2.64. The van der Waals surface area contributed by atoms with E-state index in [0.29, 0.717) is 0 Å². The predicted molar refractivity (Wildman–Crippen MR) is 89.3 cm³/mol. The Kier molecular flexibility index (Phi) is 3.32. The Morgan fingerprint density at radius 1 is 0.864 bits per heavy atom. The molecule has 0 spiro atoms. The van der Waals surface area contributed by atoms with E-state index < -0.39 is 5.60 Å². The Morgan fingerprint density at radius 3 is 1.68 bits per heavy atom. The highest BCUT2D eigenvalue weighted by atomic mass is 16.6. The number of hydrogen-bond donors (Lipinski definition) is 0. The first-order valence-electron chi connectivity index (χ1n) is 7.33. The second kappa shape index (κ2) is 5.05. The lowest BCUT2D eigenvalue weighted by Gasteiger charge is -2.37. The molecule has 0 fully saturated rings. The molecule has 0 saturated carbocycles. The first kappa shape index (κ1) is 14.4. The standard InChI is InChI=1S/C18H20N2O2/c1-18(2,3)22-17(21)20-15-11-7-5-9-13(15)19(4)14-10-6-8-12-16(14)20/h5-12H,1-4H3. The number of fused-ring (bicyclic) bond motifs is 2. The van der Waals surface area contributed by atoms with Gasteiger partial charge in [0.05, 0.1) is 22.7 Å². The van der Waals surface area contributed by atoms with Gasteiger partial charge in [-0.05, 0) is 45.0 Å². The van der Waals surface area contributed by atoms with Gasteiger partial charge in [0.2, 0.25) is 0 Å². The molecule has 1 heterocycles. The van der Waals surface area contributed by atoms with Crippen LogP contribution >= 0.6 is 0 Å². The number of carbonyl (C=O) groups is 1. The topological polar surface area (TPSA) is 32.8 Å². The van der Waals surface area contributed by atoms with Crippen LogP contribution in [0.25, 0.3) is 0 Å². The van der Waals surface area contributed by atoms with Gasteiger partial charge in [0.25, 0.3) is 0 Å². The molecule has 1 amide bonds. The van der Waals surface area contributed by atoms with Gasteiger partial charge < -0.3 is 9.64 Å². The first-order valence-corrected chi connectivity index (χ1v) is 7.33. The van der Waals surface area contributed by atoms with Crippen molar-refractivity contribution in [3.63, 3.8) is 0 Å². The second-order valence-electron chi connectivity index (χ2n) is 6.35. The Balaban J connectivity index is 2.14. The molecule has 0 N–H and O–H groups in total. The quantitative estimate of drug-likeness (QED) is 0.697. The zero-order chi connectivity index (χ0) is 15.9. The third kappa shape index (κ3) is 2.41. The molecule has 0 atom stereocenters. The highest BCUT2D eigenvalue weighted by molar-refractivity contribution is 6.07. The third-order valence-corrected chi connectivity index (χ3v) is 3.54. The Labute approximate surface area is 130 Å². The second-order valence-corrected chi connectivity index (χ2v) is 6.35. The van der Waals surface area contributed by atoms with E-state index in [9.17, 15) is 4.79 Å². The lowest BCUT2D eigenvalue weighted by atomic mass is 10.1. The minimum atomic E-state index is -0.537. The van der Waals surface area contributed by atoms with E-state index in [1.165, 1.54) is 0 Å². The molecule has 4 heteroatoms. The summed E-state index contributed by atoms with van der Waals surface area (Å²) in [5.74, 6) is 0. The van der Waals surface area contributed by atoms with Gasteiger partial charge in [0.15, 0.2) is 0 Å². The number of anilines is 4. The van der Waals surface area contributed by atoms with Crippen molar-refractivity contribution in [3.8, 4) is 0 Å². The lowest BCUT2D eigenvalue weighted by Crippen LogP contribution is -2.37. The van der Waals surface area contributed by atoms with Crippen LogP contribution in [0.5, 0.6) is 0 Å². The molecule has 2 aromatic carbocycles. The van der Waals surface area contributed by atoms with E-state index in [1.807, 2.05) is 76.3 Å². The molecule has 0 bridgehead atoms. The minimum absolute atomic E-state index is 0.361. The first-order chi connectivity index (χ1) is 10.4. The van der Waals surface area contributed by atoms with E-state index in [1.54, 1.807) is 4.90 Å². The zero-order valence-electron chi connectivity index (χ0n) is 13.3. The zero-order valence-corrected chi connectivity index (χ0v) is 13.3. The summed E-state index contributed by atoms with van der Waals surface area (Å²) in [6.45, 7) is 5.62. The minimum Gasteiger partial charge on any atom is -0.443 e. The molecule has 114 valence electrons. The van der Waals surface area contributed by atoms with Gasteiger partial charge in [-0.15, -0.1) is 0 Å². The molecule has 0 aliphatic carbocycles. The van der Waals surface area contributed by atoms with Crippen molar-refractivity contribution < 1.29 is 9.53 Å². The molecule has 3 rings (SSSR count). The van der Waals surface area contributed by atoms with Crippen molar-refractivity contribution in [1.29, 1.82) is 0 Å². The average Bonchev–Trinajstić information content (AvgIpc) is 2.46. The Bertz CT molecular complexity index is 672. The molecular formula is C18H20N2O2. The van der Waals surface area contributed by atoms with Crippen LogP contribution in [0.4, 0.5) is 27.5 Å². The van der Waals surface area contributed by atoms with Crippen LogP contribution in [-0.4, -0.2) is 18.7 Å². The van der Waals surface area contributed by atoms with Crippen molar-refractivity contribution in [2.24, 2.45) is 0 Å². The van der Waals surface area contributed by atoms with E-state index in [-0.39, 0.29) is 6.09 Å². The van der Waals surface area contributed by atoms with Crippen LogP contribution in [0.15, 0.2) is 48.5 Å². The van der Waals surface area contributed by atoms with Crippen molar-refractivity contribution in [2.45, 2.75) is 26.4 Å². The fraction of sp³-hybridized carbons (Fsp3) is 0.278. The molecule has 2 aromatic rings. The number of hydrogen-bond acceptors (Lipinski definition) is 3.